The number of nitrogens with zero attached hydrogens (tertiary/aromatic N) is 1. The molecule has 126 valence electrons. The maximum atomic E-state index is 11.9. The van der Waals surface area contributed by atoms with Gasteiger partial charge in [0.15, 0.2) is 0 Å². The Balaban J connectivity index is 0.00000132. The van der Waals surface area contributed by atoms with Crippen molar-refractivity contribution in [3.63, 3.8) is 0 Å². The number of carbonyl (C=O) groups excluding carboxylic acids is 1. The molecule has 0 aliphatic carbocycles. The fourth-order valence-electron chi connectivity index (χ4n) is 2.19. The van der Waals surface area contributed by atoms with E-state index in [9.17, 15) is 4.79 Å². The van der Waals surface area contributed by atoms with Gasteiger partial charge in [0.2, 0.25) is 5.91 Å². The maximum Gasteiger partial charge on any atom is 0.226 e. The van der Waals surface area contributed by atoms with Gasteiger partial charge in [-0.25, -0.2) is 4.98 Å². The molecule has 0 spiro atoms. The predicted molar refractivity (Wildman–Crippen MR) is 99.9 cm³/mol. The average molecular weight is 374 g/mol. The Morgan fingerprint density at radius 1 is 1.30 bits per heavy atom. The van der Waals surface area contributed by atoms with Crippen LogP contribution in [0.4, 0.5) is 0 Å². The predicted octanol–water partition coefficient (Wildman–Crippen LogP) is 2.84. The Morgan fingerprint density at radius 3 is 2.61 bits per heavy atom. The molecule has 0 atom stereocenters. The molecule has 7 heteroatoms. The highest BCUT2D eigenvalue weighted by Gasteiger charge is 2.17. The van der Waals surface area contributed by atoms with Crippen LogP contribution in [0.2, 0.25) is 0 Å². The van der Waals surface area contributed by atoms with Gasteiger partial charge in [-0.1, -0.05) is 29.8 Å². The second-order valence-electron chi connectivity index (χ2n) is 5.52. The van der Waals surface area contributed by atoms with Crippen molar-refractivity contribution in [3.8, 4) is 10.6 Å². The molecule has 0 unspecified atom stereocenters. The SMILES string of the molecule is Cc1ccc(-c2nc(CC(=O)NCC3CNC3)cs2)cc1.Cl.Cl. The third-order valence-electron chi connectivity index (χ3n) is 3.65. The van der Waals surface area contributed by atoms with Crippen LogP contribution in [0.5, 0.6) is 0 Å². The Morgan fingerprint density at radius 2 is 2.00 bits per heavy atom. The number of hydrogen-bond donors (Lipinski definition) is 2. The van der Waals surface area contributed by atoms with Crippen molar-refractivity contribution in [1.82, 2.24) is 15.6 Å². The lowest BCUT2D eigenvalue weighted by atomic mass is 10.0. The summed E-state index contributed by atoms with van der Waals surface area (Å²) in [5, 5.41) is 9.12. The van der Waals surface area contributed by atoms with Gasteiger partial charge in [0, 0.05) is 36.5 Å². The fourth-order valence-corrected chi connectivity index (χ4v) is 3.02. The van der Waals surface area contributed by atoms with Gasteiger partial charge in [-0.2, -0.15) is 0 Å². The van der Waals surface area contributed by atoms with Crippen molar-refractivity contribution < 1.29 is 4.79 Å². The minimum absolute atomic E-state index is 0. The number of thiazole rings is 1. The molecule has 0 saturated carbocycles. The van der Waals surface area contributed by atoms with Crippen molar-refractivity contribution in [2.45, 2.75) is 13.3 Å². The topological polar surface area (TPSA) is 54.0 Å². The number of rotatable bonds is 5. The summed E-state index contributed by atoms with van der Waals surface area (Å²) in [6.45, 7) is 4.85. The monoisotopic (exact) mass is 373 g/mol. The molecule has 4 nitrogen and oxygen atoms in total. The third-order valence-corrected chi connectivity index (χ3v) is 4.59. The van der Waals surface area contributed by atoms with Gasteiger partial charge in [-0.05, 0) is 6.92 Å². The van der Waals surface area contributed by atoms with E-state index in [4.69, 9.17) is 0 Å². The smallest absolute Gasteiger partial charge is 0.226 e. The number of carbonyl (C=O) groups is 1. The minimum Gasteiger partial charge on any atom is -0.355 e. The first-order valence-electron chi connectivity index (χ1n) is 7.19. The Bertz CT molecular complexity index is 627. The highest BCUT2D eigenvalue weighted by Crippen LogP contribution is 2.24. The third kappa shape index (κ3) is 5.46. The van der Waals surface area contributed by atoms with E-state index < -0.39 is 0 Å². The maximum absolute atomic E-state index is 11.9. The van der Waals surface area contributed by atoms with E-state index in [1.54, 1.807) is 11.3 Å². The van der Waals surface area contributed by atoms with Gasteiger partial charge in [0.25, 0.3) is 0 Å². The van der Waals surface area contributed by atoms with Crippen LogP contribution in [0.25, 0.3) is 10.6 Å². The molecule has 0 radical (unpaired) electrons. The zero-order valence-electron chi connectivity index (χ0n) is 12.9. The standard InChI is InChI=1S/C16H19N3OS.2ClH/c1-11-2-4-13(5-3-11)16-19-14(10-21-16)6-15(20)18-9-12-7-17-8-12;;/h2-5,10,12,17H,6-9H2,1H3,(H,18,20);2*1H. The Hall–Kier alpha value is -1.14. The van der Waals surface area contributed by atoms with Crippen molar-refractivity contribution in [1.29, 1.82) is 0 Å². The molecule has 2 heterocycles. The van der Waals surface area contributed by atoms with Crippen molar-refractivity contribution in [3.05, 3.63) is 40.9 Å². The fraction of sp³-hybridized carbons (Fsp3) is 0.375. The molecule has 1 aromatic carbocycles. The lowest BCUT2D eigenvalue weighted by Crippen LogP contribution is -2.48. The van der Waals surface area contributed by atoms with E-state index in [-0.39, 0.29) is 30.7 Å². The van der Waals surface area contributed by atoms with E-state index in [0.29, 0.717) is 12.3 Å². The normalized spacial score (nSPS) is 13.4. The molecule has 0 bridgehead atoms. The van der Waals surface area contributed by atoms with Crippen LogP contribution in [0.15, 0.2) is 29.6 Å². The van der Waals surface area contributed by atoms with E-state index >= 15 is 0 Å². The molecule has 2 N–H and O–H groups in total. The van der Waals surface area contributed by atoms with E-state index in [0.717, 1.165) is 35.9 Å². The summed E-state index contributed by atoms with van der Waals surface area (Å²) in [6.07, 6.45) is 0.364. The number of amides is 1. The van der Waals surface area contributed by atoms with E-state index in [1.807, 2.05) is 5.38 Å². The summed E-state index contributed by atoms with van der Waals surface area (Å²) in [4.78, 5) is 16.4. The number of hydrogen-bond acceptors (Lipinski definition) is 4. The van der Waals surface area contributed by atoms with E-state index in [2.05, 4.69) is 46.8 Å². The summed E-state index contributed by atoms with van der Waals surface area (Å²) in [7, 11) is 0. The number of nitrogens with one attached hydrogen (secondary N) is 2. The van der Waals surface area contributed by atoms with Crippen LogP contribution in [0, 0.1) is 12.8 Å². The molecule has 1 amide bonds. The van der Waals surface area contributed by atoms with Crippen LogP contribution in [-0.2, 0) is 11.2 Å². The molecule has 1 aliphatic heterocycles. The zero-order chi connectivity index (χ0) is 14.7. The summed E-state index contributed by atoms with van der Waals surface area (Å²) in [5.41, 5.74) is 3.19. The van der Waals surface area contributed by atoms with Gasteiger partial charge in [-0.15, -0.1) is 36.2 Å². The molecule has 2 aromatic rings. The highest BCUT2D eigenvalue weighted by molar-refractivity contribution is 7.13. The first-order valence-corrected chi connectivity index (χ1v) is 8.07. The first kappa shape index (κ1) is 19.9. The molecular formula is C16H21Cl2N3OS. The molecule has 23 heavy (non-hydrogen) atoms. The summed E-state index contributed by atoms with van der Waals surface area (Å²) >= 11 is 1.59. The molecule has 1 aromatic heterocycles. The largest absolute Gasteiger partial charge is 0.355 e. The summed E-state index contributed by atoms with van der Waals surface area (Å²) in [6, 6.07) is 8.30. The molecule has 1 saturated heterocycles. The van der Waals surface area contributed by atoms with Crippen molar-refractivity contribution in [2.75, 3.05) is 19.6 Å². The van der Waals surface area contributed by atoms with Gasteiger partial charge >= 0.3 is 0 Å². The van der Waals surface area contributed by atoms with Gasteiger partial charge in [0.05, 0.1) is 12.1 Å². The number of aromatic nitrogens is 1. The average Bonchev–Trinajstić information content (AvgIpc) is 2.86. The Labute approximate surface area is 152 Å². The Kier molecular flexibility index (Phi) is 7.99. The highest BCUT2D eigenvalue weighted by atomic mass is 35.5. The second kappa shape index (κ2) is 9.23. The quantitative estimate of drug-likeness (QED) is 0.846. The molecule has 1 fully saturated rings. The van der Waals surface area contributed by atoms with Gasteiger partial charge in [-0.3, -0.25) is 4.79 Å². The van der Waals surface area contributed by atoms with Crippen molar-refractivity contribution >= 4 is 42.1 Å². The van der Waals surface area contributed by atoms with Gasteiger partial charge in [0.1, 0.15) is 5.01 Å². The first-order chi connectivity index (χ1) is 10.2. The van der Waals surface area contributed by atoms with Crippen LogP contribution < -0.4 is 10.6 Å². The zero-order valence-corrected chi connectivity index (χ0v) is 15.3. The van der Waals surface area contributed by atoms with Crippen LogP contribution >= 0.6 is 36.2 Å². The van der Waals surface area contributed by atoms with Crippen molar-refractivity contribution in [2.24, 2.45) is 5.92 Å². The van der Waals surface area contributed by atoms with Crippen LogP contribution in [0.1, 0.15) is 11.3 Å². The number of benzene rings is 1. The van der Waals surface area contributed by atoms with Crippen LogP contribution in [0.3, 0.4) is 0 Å². The lowest BCUT2D eigenvalue weighted by Gasteiger charge is -2.26. The van der Waals surface area contributed by atoms with E-state index in [1.165, 1.54) is 5.56 Å². The number of halogens is 2. The summed E-state index contributed by atoms with van der Waals surface area (Å²) in [5.74, 6) is 0.648. The number of aryl methyl sites for hydroxylation is 1. The molecule has 3 rings (SSSR count). The molecule has 1 aliphatic rings. The van der Waals surface area contributed by atoms with Gasteiger partial charge < -0.3 is 10.6 Å². The summed E-state index contributed by atoms with van der Waals surface area (Å²) < 4.78 is 0. The minimum atomic E-state index is 0. The lowest BCUT2D eigenvalue weighted by molar-refractivity contribution is -0.120. The molecular weight excluding hydrogens is 353 g/mol. The second-order valence-corrected chi connectivity index (χ2v) is 6.37. The van der Waals surface area contributed by atoms with Crippen LogP contribution in [-0.4, -0.2) is 30.5 Å².